The van der Waals surface area contributed by atoms with Gasteiger partial charge in [-0.25, -0.2) is 0 Å². The van der Waals surface area contributed by atoms with Crippen molar-refractivity contribution in [1.29, 1.82) is 0 Å². The predicted molar refractivity (Wildman–Crippen MR) is 115 cm³/mol. The van der Waals surface area contributed by atoms with Gasteiger partial charge >= 0.3 is 0 Å². The van der Waals surface area contributed by atoms with Crippen LogP contribution in [0.15, 0.2) is 36.4 Å². The first-order chi connectivity index (χ1) is 14.3. The molecule has 2 aromatic carbocycles. The number of benzene rings is 2. The second kappa shape index (κ2) is 8.95. The number of anilines is 3. The third-order valence-electron chi connectivity index (χ3n) is 4.75. The first kappa shape index (κ1) is 21.3. The second-order valence-corrected chi connectivity index (χ2v) is 7.01. The van der Waals surface area contributed by atoms with Gasteiger partial charge in [-0.1, -0.05) is 0 Å². The third kappa shape index (κ3) is 4.60. The van der Waals surface area contributed by atoms with Gasteiger partial charge in [-0.3, -0.25) is 25.0 Å². The molecule has 11 heteroatoms. The number of nitro groups is 2. The Morgan fingerprint density at radius 2 is 1.77 bits per heavy atom. The van der Waals surface area contributed by atoms with E-state index in [1.807, 2.05) is 19.1 Å². The lowest BCUT2D eigenvalue weighted by Crippen LogP contribution is -2.24. The number of hydrogen-bond donors (Lipinski definition) is 1. The van der Waals surface area contributed by atoms with Gasteiger partial charge < -0.3 is 15.1 Å². The van der Waals surface area contributed by atoms with Crippen LogP contribution in [0.5, 0.6) is 0 Å². The smallest absolute Gasteiger partial charge is 0.299 e. The molecule has 1 aliphatic heterocycles. The van der Waals surface area contributed by atoms with Crippen LogP contribution in [0.2, 0.25) is 0 Å². The molecule has 1 heterocycles. The van der Waals surface area contributed by atoms with Gasteiger partial charge in [0.05, 0.1) is 15.9 Å². The number of alkyl halides is 1. The molecule has 0 aromatic heterocycles. The Kier molecular flexibility index (Phi) is 6.36. The van der Waals surface area contributed by atoms with Gasteiger partial charge in [0.1, 0.15) is 11.3 Å². The zero-order chi connectivity index (χ0) is 21.8. The largest absolute Gasteiger partial charge is 0.371 e. The highest BCUT2D eigenvalue weighted by Crippen LogP contribution is 2.38. The van der Waals surface area contributed by atoms with E-state index in [-0.39, 0.29) is 16.9 Å². The normalized spacial score (nSPS) is 12.4. The van der Waals surface area contributed by atoms with Crippen molar-refractivity contribution >= 4 is 45.9 Å². The standard InChI is InChI=1S/C19H20ClN5O5/c1-2-22(8-7-20)14-5-3-13(4-6-14)21-19(26)15-11-17(23-9-10-23)18(25(29)30)12-16(15)24(27)28/h3-6,11-12H,2,7-10H2,1H3,(H,21,26). The molecule has 0 saturated carbocycles. The molecule has 10 nitrogen and oxygen atoms in total. The molecule has 0 unspecified atom stereocenters. The minimum Gasteiger partial charge on any atom is -0.371 e. The Bertz CT molecular complexity index is 978. The van der Waals surface area contributed by atoms with Gasteiger partial charge in [0.25, 0.3) is 17.3 Å². The number of rotatable bonds is 9. The SMILES string of the molecule is CCN(CCCl)c1ccc(NC(=O)c2cc(N3CC3)c([N+](=O)[O-])cc2[N+](=O)[O-])cc1. The topological polar surface area (TPSA) is 122 Å². The predicted octanol–water partition coefficient (Wildman–Crippen LogP) is 3.64. The van der Waals surface area contributed by atoms with Crippen LogP contribution >= 0.6 is 11.6 Å². The summed E-state index contributed by atoms with van der Waals surface area (Å²) in [6.45, 7) is 4.64. The summed E-state index contributed by atoms with van der Waals surface area (Å²) >= 11 is 5.80. The monoisotopic (exact) mass is 433 g/mol. The summed E-state index contributed by atoms with van der Waals surface area (Å²) in [5, 5.41) is 25.4. The molecular weight excluding hydrogens is 414 g/mol. The van der Waals surface area contributed by atoms with Crippen molar-refractivity contribution in [1.82, 2.24) is 0 Å². The zero-order valence-electron chi connectivity index (χ0n) is 16.2. The molecule has 0 bridgehead atoms. The highest BCUT2D eigenvalue weighted by Gasteiger charge is 2.33. The van der Waals surface area contributed by atoms with Crippen molar-refractivity contribution in [3.05, 3.63) is 62.2 Å². The minimum atomic E-state index is -0.789. The van der Waals surface area contributed by atoms with Crippen LogP contribution in [0.1, 0.15) is 17.3 Å². The number of nitrogens with one attached hydrogen (secondary N) is 1. The quantitative estimate of drug-likeness (QED) is 0.277. The minimum absolute atomic E-state index is 0.200. The Labute approximate surface area is 177 Å². The van der Waals surface area contributed by atoms with Gasteiger partial charge in [-0.05, 0) is 37.3 Å². The van der Waals surface area contributed by atoms with Crippen LogP contribution in [0, 0.1) is 20.2 Å². The fraction of sp³-hybridized carbons (Fsp3) is 0.316. The van der Waals surface area contributed by atoms with Gasteiger partial charge in [-0.15, -0.1) is 11.6 Å². The van der Waals surface area contributed by atoms with Crippen LogP contribution in [-0.4, -0.2) is 47.8 Å². The van der Waals surface area contributed by atoms with E-state index >= 15 is 0 Å². The van der Waals surface area contributed by atoms with Gasteiger partial charge in [-0.2, -0.15) is 0 Å². The summed E-state index contributed by atoms with van der Waals surface area (Å²) in [7, 11) is 0. The van der Waals surface area contributed by atoms with E-state index in [0.29, 0.717) is 31.2 Å². The van der Waals surface area contributed by atoms with E-state index < -0.39 is 21.4 Å². The Hall–Kier alpha value is -3.40. The second-order valence-electron chi connectivity index (χ2n) is 6.63. The first-order valence-electron chi connectivity index (χ1n) is 9.29. The lowest BCUT2D eigenvalue weighted by Gasteiger charge is -2.22. The number of hydrogen-bond acceptors (Lipinski definition) is 7. The maximum Gasteiger partial charge on any atom is 0.299 e. The molecule has 1 fully saturated rings. The number of carbonyl (C=O) groups is 1. The lowest BCUT2D eigenvalue weighted by atomic mass is 10.1. The highest BCUT2D eigenvalue weighted by atomic mass is 35.5. The highest BCUT2D eigenvalue weighted by molar-refractivity contribution is 6.18. The molecule has 3 rings (SSSR count). The van der Waals surface area contributed by atoms with Crippen molar-refractivity contribution in [2.75, 3.05) is 47.2 Å². The van der Waals surface area contributed by atoms with E-state index in [2.05, 4.69) is 10.2 Å². The molecule has 1 saturated heterocycles. The fourth-order valence-electron chi connectivity index (χ4n) is 3.11. The first-order valence-corrected chi connectivity index (χ1v) is 9.83. The molecule has 0 atom stereocenters. The van der Waals surface area contributed by atoms with E-state index in [0.717, 1.165) is 18.3 Å². The molecular formula is C19H20ClN5O5. The number of amides is 1. The molecule has 0 aliphatic carbocycles. The van der Waals surface area contributed by atoms with E-state index in [4.69, 9.17) is 11.6 Å². The molecule has 0 spiro atoms. The third-order valence-corrected chi connectivity index (χ3v) is 4.91. The Morgan fingerprint density at radius 1 is 1.13 bits per heavy atom. The van der Waals surface area contributed by atoms with Crippen molar-refractivity contribution in [2.24, 2.45) is 0 Å². The molecule has 2 aromatic rings. The zero-order valence-corrected chi connectivity index (χ0v) is 17.0. The number of nitrogens with zero attached hydrogens (tertiary/aromatic N) is 4. The maximum atomic E-state index is 12.8. The average molecular weight is 434 g/mol. The summed E-state index contributed by atoms with van der Waals surface area (Å²) in [6, 6.07) is 9.07. The summed E-state index contributed by atoms with van der Waals surface area (Å²) in [6.07, 6.45) is 0. The summed E-state index contributed by atoms with van der Waals surface area (Å²) < 4.78 is 0. The van der Waals surface area contributed by atoms with Gasteiger partial charge in [0.15, 0.2) is 0 Å². The number of nitro benzene ring substituents is 2. The van der Waals surface area contributed by atoms with Gasteiger partial charge in [0.2, 0.25) is 0 Å². The van der Waals surface area contributed by atoms with E-state index in [1.54, 1.807) is 17.0 Å². The summed E-state index contributed by atoms with van der Waals surface area (Å²) in [4.78, 5) is 37.8. The van der Waals surface area contributed by atoms with E-state index in [9.17, 15) is 25.0 Å². The Morgan fingerprint density at radius 3 is 2.27 bits per heavy atom. The van der Waals surface area contributed by atoms with Crippen molar-refractivity contribution in [2.45, 2.75) is 6.92 Å². The van der Waals surface area contributed by atoms with Gasteiger partial charge in [0, 0.05) is 43.4 Å². The Balaban J connectivity index is 1.88. The summed E-state index contributed by atoms with van der Waals surface area (Å²) in [5.74, 6) is -0.226. The van der Waals surface area contributed by atoms with Crippen molar-refractivity contribution < 1.29 is 14.6 Å². The van der Waals surface area contributed by atoms with E-state index in [1.165, 1.54) is 6.07 Å². The molecule has 30 heavy (non-hydrogen) atoms. The number of carbonyl (C=O) groups excluding carboxylic acids is 1. The molecule has 1 amide bonds. The number of halogens is 1. The molecule has 1 aliphatic rings. The molecule has 0 radical (unpaired) electrons. The molecule has 158 valence electrons. The van der Waals surface area contributed by atoms with Crippen LogP contribution in [-0.2, 0) is 0 Å². The van der Waals surface area contributed by atoms with Crippen LogP contribution in [0.4, 0.5) is 28.4 Å². The lowest BCUT2D eigenvalue weighted by molar-refractivity contribution is -0.393. The average Bonchev–Trinajstić information content (AvgIpc) is 3.56. The van der Waals surface area contributed by atoms with Crippen molar-refractivity contribution in [3.8, 4) is 0 Å². The molecule has 1 N–H and O–H groups in total. The maximum absolute atomic E-state index is 12.8. The fourth-order valence-corrected chi connectivity index (χ4v) is 3.32. The van der Waals surface area contributed by atoms with Crippen LogP contribution < -0.4 is 15.1 Å². The van der Waals surface area contributed by atoms with Crippen LogP contribution in [0.25, 0.3) is 0 Å². The van der Waals surface area contributed by atoms with Crippen LogP contribution in [0.3, 0.4) is 0 Å². The van der Waals surface area contributed by atoms with Crippen molar-refractivity contribution in [3.63, 3.8) is 0 Å². The summed E-state index contributed by atoms with van der Waals surface area (Å²) in [5.41, 5.74) is 0.354.